The first-order valence-electron chi connectivity index (χ1n) is 7.97. The summed E-state index contributed by atoms with van der Waals surface area (Å²) in [5.74, 6) is 0. The number of nitrogens with one attached hydrogen (secondary N) is 2. The minimum atomic E-state index is 0.511. The molecule has 3 heteroatoms. The van der Waals surface area contributed by atoms with Gasteiger partial charge in [0.2, 0.25) is 0 Å². The third-order valence-electron chi connectivity index (χ3n) is 4.15. The molecule has 1 fully saturated rings. The summed E-state index contributed by atoms with van der Waals surface area (Å²) in [6, 6.07) is 7.73. The van der Waals surface area contributed by atoms with Crippen molar-refractivity contribution in [2.45, 2.75) is 64.5 Å². The number of benzene rings is 1. The predicted octanol–water partition coefficient (Wildman–Crippen LogP) is 4.73. The Morgan fingerprint density at radius 2 is 2.20 bits per heavy atom. The molecule has 2 N–H and O–H groups in total. The normalized spacial score (nSPS) is 21.2. The molecule has 2 unspecified atom stereocenters. The number of anilines is 1. The van der Waals surface area contributed by atoms with Gasteiger partial charge in [0.1, 0.15) is 0 Å². The van der Waals surface area contributed by atoms with E-state index in [1.165, 1.54) is 49.9 Å². The predicted molar refractivity (Wildman–Crippen MR) is 91.5 cm³/mol. The van der Waals surface area contributed by atoms with Crippen LogP contribution in [0.5, 0.6) is 0 Å². The fraction of sp³-hybridized carbons (Fsp3) is 0.647. The van der Waals surface area contributed by atoms with E-state index in [9.17, 15) is 0 Å². The average molecular weight is 339 g/mol. The first kappa shape index (κ1) is 15.8. The van der Waals surface area contributed by atoms with Crippen LogP contribution in [0.25, 0.3) is 0 Å². The van der Waals surface area contributed by atoms with E-state index in [0.717, 1.165) is 10.9 Å². The summed E-state index contributed by atoms with van der Waals surface area (Å²) in [5.41, 5.74) is 2.68. The number of hydrogen-bond donors (Lipinski definition) is 2. The third kappa shape index (κ3) is 4.78. The molecule has 0 radical (unpaired) electrons. The topological polar surface area (TPSA) is 24.1 Å². The van der Waals surface area contributed by atoms with Crippen molar-refractivity contribution in [1.82, 2.24) is 5.32 Å². The van der Waals surface area contributed by atoms with Crippen LogP contribution in [0.2, 0.25) is 0 Å². The van der Waals surface area contributed by atoms with Crippen molar-refractivity contribution < 1.29 is 0 Å². The third-order valence-corrected chi connectivity index (χ3v) is 4.64. The summed E-state index contributed by atoms with van der Waals surface area (Å²) in [5, 5.41) is 7.38. The molecule has 1 aliphatic rings. The van der Waals surface area contributed by atoms with E-state index >= 15 is 0 Å². The number of hydrogen-bond acceptors (Lipinski definition) is 2. The first-order chi connectivity index (χ1) is 9.69. The van der Waals surface area contributed by atoms with Gasteiger partial charge in [-0.1, -0.05) is 35.7 Å². The van der Waals surface area contributed by atoms with Gasteiger partial charge < -0.3 is 10.6 Å². The molecule has 0 aromatic heterocycles. The summed E-state index contributed by atoms with van der Waals surface area (Å²) in [6.07, 6.45) is 7.70. The Labute approximate surface area is 131 Å². The van der Waals surface area contributed by atoms with Gasteiger partial charge >= 0.3 is 0 Å². The lowest BCUT2D eigenvalue weighted by Gasteiger charge is -2.23. The molecular weight excluding hydrogens is 312 g/mol. The zero-order chi connectivity index (χ0) is 14.4. The van der Waals surface area contributed by atoms with Crippen LogP contribution in [0.4, 0.5) is 5.69 Å². The Morgan fingerprint density at radius 1 is 1.35 bits per heavy atom. The largest absolute Gasteiger partial charge is 0.382 e. The van der Waals surface area contributed by atoms with Crippen LogP contribution in [0.3, 0.4) is 0 Å². The zero-order valence-corrected chi connectivity index (χ0v) is 14.3. The van der Waals surface area contributed by atoms with E-state index < -0.39 is 0 Å². The Kier molecular flexibility index (Phi) is 6.37. The highest BCUT2D eigenvalue weighted by Crippen LogP contribution is 2.23. The summed E-state index contributed by atoms with van der Waals surface area (Å²) in [6.45, 7) is 5.70. The van der Waals surface area contributed by atoms with Crippen LogP contribution in [0.1, 0.15) is 51.5 Å². The maximum absolute atomic E-state index is 3.70. The van der Waals surface area contributed by atoms with Crippen molar-refractivity contribution in [1.29, 1.82) is 0 Å². The lowest BCUT2D eigenvalue weighted by atomic mass is 10.0. The number of rotatable bonds is 5. The van der Waals surface area contributed by atoms with E-state index in [0.29, 0.717) is 12.1 Å². The van der Waals surface area contributed by atoms with Crippen molar-refractivity contribution in [3.8, 4) is 0 Å². The molecule has 0 bridgehead atoms. The molecule has 0 amide bonds. The van der Waals surface area contributed by atoms with Gasteiger partial charge in [-0.2, -0.15) is 0 Å². The maximum Gasteiger partial charge on any atom is 0.0375 e. The fourth-order valence-electron chi connectivity index (χ4n) is 3.05. The second-order valence-electron chi connectivity index (χ2n) is 5.94. The molecular formula is C17H27BrN2. The van der Waals surface area contributed by atoms with Crippen LogP contribution in [0.15, 0.2) is 22.7 Å². The van der Waals surface area contributed by atoms with Crippen molar-refractivity contribution in [3.63, 3.8) is 0 Å². The van der Waals surface area contributed by atoms with Gasteiger partial charge in [0.05, 0.1) is 0 Å². The van der Waals surface area contributed by atoms with E-state index in [4.69, 9.17) is 0 Å². The fourth-order valence-corrected chi connectivity index (χ4v) is 3.46. The van der Waals surface area contributed by atoms with Crippen LogP contribution in [-0.2, 0) is 6.42 Å². The molecule has 2 atom stereocenters. The first-order valence-corrected chi connectivity index (χ1v) is 8.76. The van der Waals surface area contributed by atoms with Crippen molar-refractivity contribution >= 4 is 21.6 Å². The highest BCUT2D eigenvalue weighted by atomic mass is 79.9. The second kappa shape index (κ2) is 8.04. The van der Waals surface area contributed by atoms with Gasteiger partial charge in [-0.3, -0.25) is 0 Å². The molecule has 20 heavy (non-hydrogen) atoms. The summed E-state index contributed by atoms with van der Waals surface area (Å²) >= 11 is 3.55. The van der Waals surface area contributed by atoms with E-state index in [2.05, 4.69) is 58.6 Å². The molecule has 1 aliphatic heterocycles. The van der Waals surface area contributed by atoms with Gasteiger partial charge in [0.15, 0.2) is 0 Å². The Morgan fingerprint density at radius 3 is 3.00 bits per heavy atom. The van der Waals surface area contributed by atoms with Crippen LogP contribution >= 0.6 is 15.9 Å². The molecule has 1 aromatic rings. The Bertz CT molecular complexity index is 411. The van der Waals surface area contributed by atoms with Gasteiger partial charge in [0.25, 0.3) is 0 Å². The van der Waals surface area contributed by atoms with E-state index in [1.54, 1.807) is 0 Å². The quantitative estimate of drug-likeness (QED) is 0.810. The molecule has 2 rings (SSSR count). The summed E-state index contributed by atoms with van der Waals surface area (Å²) in [4.78, 5) is 0. The highest BCUT2D eigenvalue weighted by Gasteiger charge is 2.15. The Balaban J connectivity index is 1.91. The lowest BCUT2D eigenvalue weighted by molar-refractivity contribution is 0.456. The Hall–Kier alpha value is -0.540. The van der Waals surface area contributed by atoms with Crippen molar-refractivity contribution in [2.24, 2.45) is 0 Å². The minimum absolute atomic E-state index is 0.511. The van der Waals surface area contributed by atoms with E-state index in [-0.39, 0.29) is 0 Å². The molecule has 1 aromatic carbocycles. The number of halogens is 1. The monoisotopic (exact) mass is 338 g/mol. The molecule has 1 heterocycles. The molecule has 1 saturated heterocycles. The zero-order valence-electron chi connectivity index (χ0n) is 12.7. The van der Waals surface area contributed by atoms with Crippen LogP contribution < -0.4 is 10.6 Å². The SMILES string of the molecule is CCc1cc(Br)ccc1NC(C)CC1CCCCCN1. The van der Waals surface area contributed by atoms with Crippen LogP contribution in [0, 0.1) is 0 Å². The standard InChI is InChI=1S/C17H27BrN2/c1-3-14-12-15(18)8-9-17(14)20-13(2)11-16-7-5-4-6-10-19-16/h8-9,12-13,16,19-20H,3-7,10-11H2,1-2H3. The number of aryl methyl sites for hydroxylation is 1. The molecule has 112 valence electrons. The smallest absolute Gasteiger partial charge is 0.0375 e. The minimum Gasteiger partial charge on any atom is -0.382 e. The summed E-state index contributed by atoms with van der Waals surface area (Å²) in [7, 11) is 0. The van der Waals surface area contributed by atoms with Gasteiger partial charge in [-0.15, -0.1) is 0 Å². The lowest BCUT2D eigenvalue weighted by Crippen LogP contribution is -2.33. The second-order valence-corrected chi connectivity index (χ2v) is 6.85. The van der Waals surface area contributed by atoms with Crippen LogP contribution in [-0.4, -0.2) is 18.6 Å². The average Bonchev–Trinajstić information content (AvgIpc) is 2.69. The molecule has 0 spiro atoms. The van der Waals surface area contributed by atoms with Gasteiger partial charge in [0, 0.05) is 22.2 Å². The van der Waals surface area contributed by atoms with Gasteiger partial charge in [-0.25, -0.2) is 0 Å². The van der Waals surface area contributed by atoms with Crippen molar-refractivity contribution in [3.05, 3.63) is 28.2 Å². The molecule has 2 nitrogen and oxygen atoms in total. The molecule has 0 aliphatic carbocycles. The summed E-state index contributed by atoms with van der Waals surface area (Å²) < 4.78 is 1.16. The maximum atomic E-state index is 3.70. The van der Waals surface area contributed by atoms with E-state index in [1.807, 2.05) is 0 Å². The van der Waals surface area contributed by atoms with Crippen molar-refractivity contribution in [2.75, 3.05) is 11.9 Å². The highest BCUT2D eigenvalue weighted by molar-refractivity contribution is 9.10. The molecule has 0 saturated carbocycles. The van der Waals surface area contributed by atoms with Gasteiger partial charge in [-0.05, 0) is 62.9 Å².